The monoisotopic (exact) mass is 523 g/mol. The SMILES string of the molecule is C=N/C(=C(/F)C=NCc1cc(-c2ccon2)n(CC(=C/C(=C)C)/C(F)=C\C)n1)n1nc2n(c1=O)CCNC2. The third-order valence-corrected chi connectivity index (χ3v) is 5.59. The zero-order valence-electron chi connectivity index (χ0n) is 21.1. The van der Waals surface area contributed by atoms with Crippen LogP contribution in [0.1, 0.15) is 25.4 Å². The molecule has 4 rings (SSSR count). The fourth-order valence-corrected chi connectivity index (χ4v) is 3.90. The van der Waals surface area contributed by atoms with E-state index < -0.39 is 17.3 Å². The molecule has 1 aliphatic heterocycles. The molecule has 38 heavy (non-hydrogen) atoms. The summed E-state index contributed by atoms with van der Waals surface area (Å²) in [5, 5.41) is 15.7. The van der Waals surface area contributed by atoms with Gasteiger partial charge in [-0.25, -0.2) is 18.6 Å². The van der Waals surface area contributed by atoms with Crippen molar-refractivity contribution >= 4 is 18.8 Å². The fraction of sp³-hybridized carbons (Fsp3) is 0.280. The molecule has 13 heteroatoms. The molecule has 1 N–H and O–H groups in total. The lowest BCUT2D eigenvalue weighted by molar-refractivity contribution is 0.421. The van der Waals surface area contributed by atoms with Crippen LogP contribution in [0.2, 0.25) is 0 Å². The van der Waals surface area contributed by atoms with Crippen LogP contribution >= 0.6 is 0 Å². The van der Waals surface area contributed by atoms with Crippen LogP contribution in [0.4, 0.5) is 8.78 Å². The van der Waals surface area contributed by atoms with Gasteiger partial charge < -0.3 is 9.84 Å². The van der Waals surface area contributed by atoms with Crippen molar-refractivity contribution in [3.8, 4) is 11.4 Å². The number of halogens is 2. The van der Waals surface area contributed by atoms with Crippen molar-refractivity contribution in [2.24, 2.45) is 9.98 Å². The molecule has 0 amide bonds. The van der Waals surface area contributed by atoms with E-state index in [1.54, 1.807) is 36.7 Å². The van der Waals surface area contributed by atoms with Crippen molar-refractivity contribution in [3.63, 3.8) is 0 Å². The minimum Gasteiger partial charge on any atom is -0.364 e. The first-order valence-electron chi connectivity index (χ1n) is 11.7. The Bertz CT molecular complexity index is 1520. The molecular formula is C25H27F2N9O2. The summed E-state index contributed by atoms with van der Waals surface area (Å²) >= 11 is 0. The number of aliphatic imine (C=N–C) groups is 2. The minimum atomic E-state index is -0.886. The molecule has 0 radical (unpaired) electrons. The van der Waals surface area contributed by atoms with E-state index in [2.05, 4.69) is 44.0 Å². The summed E-state index contributed by atoms with van der Waals surface area (Å²) in [6.07, 6.45) is 5.35. The molecule has 0 fully saturated rings. The Morgan fingerprint density at radius 1 is 1.34 bits per heavy atom. The third kappa shape index (κ3) is 5.72. The molecule has 0 saturated carbocycles. The van der Waals surface area contributed by atoms with Gasteiger partial charge in [0, 0.05) is 24.7 Å². The Balaban J connectivity index is 1.61. The number of allylic oxidation sites excluding steroid dienone is 6. The molecular weight excluding hydrogens is 496 g/mol. The predicted molar refractivity (Wildman–Crippen MR) is 140 cm³/mol. The second kappa shape index (κ2) is 11.7. The molecule has 3 aromatic rings. The molecule has 0 aromatic carbocycles. The van der Waals surface area contributed by atoms with Crippen molar-refractivity contribution in [2.45, 2.75) is 40.0 Å². The lowest BCUT2D eigenvalue weighted by Crippen LogP contribution is -2.34. The van der Waals surface area contributed by atoms with Crippen LogP contribution in [0, 0.1) is 0 Å². The number of fused-ring (bicyclic) bond motifs is 1. The van der Waals surface area contributed by atoms with Gasteiger partial charge in [0.15, 0.2) is 11.6 Å². The third-order valence-electron chi connectivity index (χ3n) is 5.59. The molecule has 1 aliphatic rings. The summed E-state index contributed by atoms with van der Waals surface area (Å²) in [7, 11) is 0. The van der Waals surface area contributed by atoms with Gasteiger partial charge in [-0.3, -0.25) is 14.2 Å². The number of hydrogen-bond donors (Lipinski definition) is 1. The van der Waals surface area contributed by atoms with Crippen LogP contribution in [0.3, 0.4) is 0 Å². The first kappa shape index (κ1) is 26.5. The van der Waals surface area contributed by atoms with Gasteiger partial charge >= 0.3 is 5.69 Å². The van der Waals surface area contributed by atoms with Crippen LogP contribution in [0.5, 0.6) is 0 Å². The largest absolute Gasteiger partial charge is 0.364 e. The van der Waals surface area contributed by atoms with Crippen molar-refractivity contribution in [2.75, 3.05) is 6.54 Å². The zero-order chi connectivity index (χ0) is 27.2. The summed E-state index contributed by atoms with van der Waals surface area (Å²) in [4.78, 5) is 20.4. The van der Waals surface area contributed by atoms with Gasteiger partial charge in [0.05, 0.1) is 37.2 Å². The van der Waals surface area contributed by atoms with Crippen LogP contribution in [0.25, 0.3) is 17.2 Å². The standard InChI is InChI=1S/C25H27F2N9O2/c1-5-19(26)17(10-16(2)3)15-35-22(21-6-9-38-33-21)11-18(31-35)12-30-13-20(27)24(28-4)36-25(37)34-8-7-29-14-23(34)32-36/h5-6,9-11,13,29H,2,4,7-8,12,14-15H2,1,3H3/b17-10-,19-5+,24-20-,30-13?. The molecule has 11 nitrogen and oxygen atoms in total. The Kier molecular flexibility index (Phi) is 8.16. The number of rotatable bonds is 10. The highest BCUT2D eigenvalue weighted by atomic mass is 19.1. The van der Waals surface area contributed by atoms with E-state index in [1.165, 1.54) is 16.9 Å². The van der Waals surface area contributed by atoms with Gasteiger partial charge in [-0.2, -0.15) is 9.78 Å². The molecule has 0 spiro atoms. The highest BCUT2D eigenvalue weighted by molar-refractivity contribution is 5.84. The van der Waals surface area contributed by atoms with Crippen LogP contribution < -0.4 is 11.0 Å². The molecule has 0 saturated heterocycles. The van der Waals surface area contributed by atoms with Gasteiger partial charge in [0.25, 0.3) is 0 Å². The van der Waals surface area contributed by atoms with Crippen molar-refractivity contribution in [3.05, 3.63) is 81.9 Å². The first-order chi connectivity index (χ1) is 18.3. The van der Waals surface area contributed by atoms with Gasteiger partial charge in [0.2, 0.25) is 0 Å². The summed E-state index contributed by atoms with van der Waals surface area (Å²) in [6, 6.07) is 3.35. The second-order valence-corrected chi connectivity index (χ2v) is 8.45. The number of nitrogens with zero attached hydrogens (tertiary/aromatic N) is 8. The Morgan fingerprint density at radius 3 is 2.82 bits per heavy atom. The quantitative estimate of drug-likeness (QED) is 0.321. The highest BCUT2D eigenvalue weighted by Crippen LogP contribution is 2.23. The molecule has 0 atom stereocenters. The molecule has 0 unspecified atom stereocenters. The van der Waals surface area contributed by atoms with E-state index in [9.17, 15) is 13.6 Å². The topological polar surface area (TPSA) is 120 Å². The Hall–Kier alpha value is -4.52. The Morgan fingerprint density at radius 2 is 2.16 bits per heavy atom. The maximum absolute atomic E-state index is 15.0. The lowest BCUT2D eigenvalue weighted by Gasteiger charge is -2.11. The highest BCUT2D eigenvalue weighted by Gasteiger charge is 2.20. The predicted octanol–water partition coefficient (Wildman–Crippen LogP) is 3.44. The van der Waals surface area contributed by atoms with E-state index in [0.29, 0.717) is 53.7 Å². The molecule has 0 aliphatic carbocycles. The van der Waals surface area contributed by atoms with Crippen molar-refractivity contribution in [1.82, 2.24) is 34.6 Å². The van der Waals surface area contributed by atoms with E-state index in [0.717, 1.165) is 10.9 Å². The summed E-state index contributed by atoms with van der Waals surface area (Å²) < 4.78 is 38.4. The molecule has 0 bridgehead atoms. The lowest BCUT2D eigenvalue weighted by atomic mass is 10.1. The smallest absolute Gasteiger partial charge is 0.352 e. The summed E-state index contributed by atoms with van der Waals surface area (Å²) in [5.41, 5.74) is 2.08. The number of hydrogen-bond acceptors (Lipinski definition) is 8. The van der Waals surface area contributed by atoms with Gasteiger partial charge in [0.1, 0.15) is 23.6 Å². The van der Waals surface area contributed by atoms with Crippen LogP contribution in [-0.2, 0) is 26.2 Å². The summed E-state index contributed by atoms with van der Waals surface area (Å²) in [5.74, 6) is -1.17. The van der Waals surface area contributed by atoms with E-state index in [1.807, 2.05) is 0 Å². The van der Waals surface area contributed by atoms with Crippen LogP contribution in [-0.4, -0.2) is 48.8 Å². The molecule has 198 valence electrons. The Labute approximate surface area is 216 Å². The van der Waals surface area contributed by atoms with E-state index in [4.69, 9.17) is 4.52 Å². The zero-order valence-corrected chi connectivity index (χ0v) is 21.1. The van der Waals surface area contributed by atoms with Crippen molar-refractivity contribution < 1.29 is 13.3 Å². The molecule has 3 aromatic heterocycles. The van der Waals surface area contributed by atoms with Crippen molar-refractivity contribution in [1.29, 1.82) is 0 Å². The van der Waals surface area contributed by atoms with Gasteiger partial charge in [-0.15, -0.1) is 5.10 Å². The molecule has 4 heterocycles. The van der Waals surface area contributed by atoms with Crippen LogP contribution in [0.15, 0.2) is 79.2 Å². The normalized spacial score (nSPS) is 15.1. The summed E-state index contributed by atoms with van der Waals surface area (Å²) in [6.45, 7) is 12.1. The number of nitrogens with one attached hydrogen (secondary N) is 1. The maximum atomic E-state index is 15.0. The minimum absolute atomic E-state index is 0.0141. The average Bonchev–Trinajstić information content (AvgIpc) is 3.64. The van der Waals surface area contributed by atoms with Gasteiger partial charge in [-0.1, -0.05) is 29.5 Å². The maximum Gasteiger partial charge on any atom is 0.352 e. The van der Waals surface area contributed by atoms with E-state index >= 15 is 0 Å². The first-order valence-corrected chi connectivity index (χ1v) is 11.7. The fourth-order valence-electron chi connectivity index (χ4n) is 3.90. The van der Waals surface area contributed by atoms with Gasteiger partial charge in [-0.05, 0) is 26.6 Å². The number of aromatic nitrogens is 6. The average molecular weight is 524 g/mol. The second-order valence-electron chi connectivity index (χ2n) is 8.45. The van der Waals surface area contributed by atoms with E-state index in [-0.39, 0.29) is 18.9 Å².